The van der Waals surface area contributed by atoms with Crippen LogP contribution >= 0.6 is 11.6 Å². The molecule has 0 bridgehead atoms. The average Bonchev–Trinajstić information content (AvgIpc) is 3.92. The topological polar surface area (TPSA) is 188 Å². The Morgan fingerprint density at radius 2 is 1.56 bits per heavy atom. The number of nitrogens with zero attached hydrogens (tertiary/aromatic N) is 5. The maximum Gasteiger partial charge on any atom is 0.337 e. The van der Waals surface area contributed by atoms with Crippen LogP contribution < -0.4 is 20.5 Å². The van der Waals surface area contributed by atoms with Crippen molar-refractivity contribution in [3.05, 3.63) is 114 Å². The summed E-state index contributed by atoms with van der Waals surface area (Å²) in [6.45, 7) is 6.98. The summed E-state index contributed by atoms with van der Waals surface area (Å²) in [5.74, 6) is 2.46. The second-order valence-corrected chi connectivity index (χ2v) is 16.1. The van der Waals surface area contributed by atoms with Crippen LogP contribution in [0.5, 0.6) is 17.2 Å². The monoisotopic (exact) mass is 855 g/mol. The molecule has 0 atom stereocenters. The van der Waals surface area contributed by atoms with E-state index in [1.165, 1.54) is 64.3 Å². The molecule has 2 aliphatic rings. The number of H-pyrrole nitrogens is 2. The average molecular weight is 856 g/mol. The zero-order valence-electron chi connectivity index (χ0n) is 34.4. The van der Waals surface area contributed by atoms with E-state index in [4.69, 9.17) is 26.8 Å². The molecule has 2 aliphatic heterocycles. The first kappa shape index (κ1) is 42.2. The van der Waals surface area contributed by atoms with E-state index >= 15 is 0 Å². The Morgan fingerprint density at radius 3 is 2.31 bits per heavy atom. The van der Waals surface area contributed by atoms with Crippen molar-refractivity contribution in [1.82, 2.24) is 40.3 Å². The third-order valence-electron chi connectivity index (χ3n) is 11.4. The number of ether oxygens (including phenoxy) is 2. The van der Waals surface area contributed by atoms with Gasteiger partial charge in [0.25, 0.3) is 0 Å². The van der Waals surface area contributed by atoms with Gasteiger partial charge in [-0.2, -0.15) is 5.10 Å². The van der Waals surface area contributed by atoms with Gasteiger partial charge in [0.2, 0.25) is 5.91 Å². The minimum atomic E-state index is -0.988. The van der Waals surface area contributed by atoms with Crippen LogP contribution in [0, 0.1) is 5.92 Å². The maximum atomic E-state index is 12.4. The van der Waals surface area contributed by atoms with Gasteiger partial charge in [0.1, 0.15) is 36.0 Å². The molecule has 6 N–H and O–H groups in total. The number of aromatic amines is 2. The van der Waals surface area contributed by atoms with Crippen LogP contribution in [0.15, 0.2) is 104 Å². The summed E-state index contributed by atoms with van der Waals surface area (Å²) in [5, 5.41) is 21.4. The minimum absolute atomic E-state index is 0.0407. The number of hydrogen-bond acceptors (Lipinski definition) is 10. The van der Waals surface area contributed by atoms with E-state index in [0.717, 1.165) is 58.3 Å². The zero-order chi connectivity index (χ0) is 42.8. The molecule has 4 aromatic carbocycles. The smallest absolute Gasteiger partial charge is 0.337 e. The first-order valence-electron chi connectivity index (χ1n) is 21.0. The Bertz CT molecular complexity index is 2590. The van der Waals surface area contributed by atoms with Gasteiger partial charge in [0, 0.05) is 34.8 Å². The van der Waals surface area contributed by atoms with E-state index < -0.39 is 5.97 Å². The predicted octanol–water partition coefficient (Wildman–Crippen LogP) is 8.27. The highest BCUT2D eigenvalue weighted by atomic mass is 35.5. The third kappa shape index (κ3) is 10.5. The first-order chi connectivity index (χ1) is 30.3. The molecule has 9 rings (SSSR count). The molecule has 14 nitrogen and oxygen atoms in total. The predicted molar refractivity (Wildman–Crippen MR) is 242 cm³/mol. The van der Waals surface area contributed by atoms with Gasteiger partial charge in [-0.1, -0.05) is 48.4 Å². The van der Waals surface area contributed by atoms with Gasteiger partial charge in [0.15, 0.2) is 5.65 Å². The van der Waals surface area contributed by atoms with Gasteiger partial charge < -0.3 is 35.5 Å². The van der Waals surface area contributed by atoms with Crippen molar-refractivity contribution in [1.29, 1.82) is 0 Å². The third-order valence-corrected chi connectivity index (χ3v) is 11.7. The van der Waals surface area contributed by atoms with Gasteiger partial charge in [0.05, 0.1) is 34.8 Å². The maximum absolute atomic E-state index is 12.4. The number of nitrogens with one attached hydrogen (secondary N) is 3. The van der Waals surface area contributed by atoms with Gasteiger partial charge >= 0.3 is 5.97 Å². The number of para-hydroxylation sites is 1. The number of nitrogens with two attached hydrogens (primary N) is 1. The van der Waals surface area contributed by atoms with Gasteiger partial charge in [-0.25, -0.2) is 14.8 Å². The molecule has 62 heavy (non-hydrogen) atoms. The van der Waals surface area contributed by atoms with E-state index in [2.05, 4.69) is 40.3 Å². The quantitative estimate of drug-likeness (QED) is 0.0703. The molecule has 2 saturated heterocycles. The van der Waals surface area contributed by atoms with Gasteiger partial charge in [-0.3, -0.25) is 14.8 Å². The number of hydrogen-bond donors (Lipinski definition) is 5. The Balaban J connectivity index is 0.000000194. The van der Waals surface area contributed by atoms with Crippen LogP contribution in [0.25, 0.3) is 44.3 Å². The molecule has 1 amide bonds. The Labute approximate surface area is 364 Å². The number of nitrogen functional groups attached to an aromatic ring is 1. The largest absolute Gasteiger partial charge is 0.492 e. The normalized spacial score (nSPS) is 14.9. The van der Waals surface area contributed by atoms with Crippen molar-refractivity contribution >= 4 is 51.2 Å². The number of aromatic carboxylic acids is 1. The number of fused-ring (bicyclic) bond motifs is 2. The molecular weight excluding hydrogens is 806 g/mol. The van der Waals surface area contributed by atoms with Crippen molar-refractivity contribution in [3.63, 3.8) is 0 Å². The van der Waals surface area contributed by atoms with Crippen molar-refractivity contribution in [2.45, 2.75) is 32.1 Å². The van der Waals surface area contributed by atoms with Crippen LogP contribution in [0.2, 0.25) is 5.02 Å². The number of rotatable bonds is 13. The standard InChI is InChI=1S/C30H37ClN4O4.C17H13N5O/c31-27-17-28-25(26(18-33-28)30(37)38)16-24(27)22-4-6-23(7-5-22)39-15-10-32-29(36)20-35-13-8-21(9-14-35)19-34-11-2-1-3-12-34;18-16-14-15(21-22-17(14)20-10-19-16)11-6-8-13(9-7-11)23-12-4-2-1-3-5-12/h4-7,16-18,21,33H,1-3,8-15,19-20H2,(H,32,36)(H,37,38);1-10H,(H3,18,19,20,21,22). The van der Waals surface area contributed by atoms with Crippen LogP contribution in [0.3, 0.4) is 0 Å². The van der Waals surface area contributed by atoms with Crippen molar-refractivity contribution < 1.29 is 24.2 Å². The molecule has 320 valence electrons. The number of amides is 1. The highest BCUT2D eigenvalue weighted by Gasteiger charge is 2.23. The van der Waals surface area contributed by atoms with E-state index in [1.807, 2.05) is 78.9 Å². The van der Waals surface area contributed by atoms with Gasteiger partial charge in [-0.15, -0.1) is 0 Å². The number of carbonyl (C=O) groups is 2. The van der Waals surface area contributed by atoms with E-state index in [0.29, 0.717) is 52.8 Å². The summed E-state index contributed by atoms with van der Waals surface area (Å²) >= 11 is 6.47. The van der Waals surface area contributed by atoms with Crippen LogP contribution in [0.4, 0.5) is 5.82 Å². The number of anilines is 1. The zero-order valence-corrected chi connectivity index (χ0v) is 35.1. The first-order valence-corrected chi connectivity index (χ1v) is 21.4. The Kier molecular flexibility index (Phi) is 13.6. The number of benzene rings is 4. The van der Waals surface area contributed by atoms with Crippen LogP contribution in [-0.2, 0) is 4.79 Å². The molecule has 7 aromatic rings. The number of likely N-dealkylation sites (tertiary alicyclic amines) is 2. The fourth-order valence-electron chi connectivity index (χ4n) is 8.13. The highest BCUT2D eigenvalue weighted by molar-refractivity contribution is 6.34. The fraction of sp³-hybridized carbons (Fsp3) is 0.298. The Hall–Kier alpha value is -6.48. The van der Waals surface area contributed by atoms with Crippen molar-refractivity contribution in [2.24, 2.45) is 5.92 Å². The summed E-state index contributed by atoms with van der Waals surface area (Å²) in [5.41, 5.74) is 10.7. The second-order valence-electron chi connectivity index (χ2n) is 15.7. The number of halogens is 1. The molecule has 5 heterocycles. The highest BCUT2D eigenvalue weighted by Crippen LogP contribution is 2.35. The summed E-state index contributed by atoms with van der Waals surface area (Å²) in [6.07, 6.45) is 9.28. The fourth-order valence-corrected chi connectivity index (χ4v) is 8.40. The summed E-state index contributed by atoms with van der Waals surface area (Å²) in [6, 6.07) is 28.3. The van der Waals surface area contributed by atoms with Crippen molar-refractivity contribution in [3.8, 4) is 39.6 Å². The summed E-state index contributed by atoms with van der Waals surface area (Å²) in [7, 11) is 0. The summed E-state index contributed by atoms with van der Waals surface area (Å²) in [4.78, 5) is 39.9. The van der Waals surface area contributed by atoms with E-state index in [1.54, 1.807) is 12.1 Å². The summed E-state index contributed by atoms with van der Waals surface area (Å²) < 4.78 is 11.6. The molecular formula is C47H50ClN9O5. The Morgan fingerprint density at radius 1 is 0.855 bits per heavy atom. The van der Waals surface area contributed by atoms with Crippen molar-refractivity contribution in [2.75, 3.05) is 58.2 Å². The van der Waals surface area contributed by atoms with E-state index in [-0.39, 0.29) is 11.5 Å². The number of aromatic nitrogens is 5. The molecule has 3 aromatic heterocycles. The minimum Gasteiger partial charge on any atom is -0.492 e. The van der Waals surface area contributed by atoms with E-state index in [9.17, 15) is 14.7 Å². The lowest BCUT2D eigenvalue weighted by Gasteiger charge is -2.35. The number of piperidine rings is 2. The number of carboxylic acid groups (broad SMARTS) is 1. The van der Waals surface area contributed by atoms with Crippen LogP contribution in [-0.4, -0.2) is 104 Å². The number of carboxylic acids is 1. The molecule has 0 radical (unpaired) electrons. The van der Waals surface area contributed by atoms with Crippen LogP contribution in [0.1, 0.15) is 42.5 Å². The lowest BCUT2D eigenvalue weighted by Crippen LogP contribution is -2.44. The molecule has 15 heteroatoms. The number of carbonyl (C=O) groups excluding carboxylic acids is 1. The lowest BCUT2D eigenvalue weighted by molar-refractivity contribution is -0.122. The SMILES string of the molecule is Nc1ncnc2n[nH]c(-c3ccc(Oc4ccccc4)cc3)c12.O=C(CN1CCC(CN2CCCCC2)CC1)NCCOc1ccc(-c2cc3c(C(=O)O)c[nH]c3cc2Cl)cc1. The second kappa shape index (κ2) is 19.9. The molecule has 0 saturated carbocycles. The lowest BCUT2D eigenvalue weighted by atomic mass is 9.95. The molecule has 2 fully saturated rings. The molecule has 0 unspecified atom stereocenters. The molecule has 0 spiro atoms. The van der Waals surface area contributed by atoms with Gasteiger partial charge in [-0.05, 0) is 124 Å². The molecule has 0 aliphatic carbocycles.